The van der Waals surface area contributed by atoms with Crippen LogP contribution in [0.4, 0.5) is 11.4 Å². The van der Waals surface area contributed by atoms with Crippen LogP contribution in [0.1, 0.15) is 15.9 Å². The number of benzene rings is 3. The van der Waals surface area contributed by atoms with Crippen molar-refractivity contribution in [2.45, 2.75) is 0 Å². The van der Waals surface area contributed by atoms with Gasteiger partial charge < -0.3 is 20.1 Å². The summed E-state index contributed by atoms with van der Waals surface area (Å²) >= 11 is 3.33. The molecule has 166 valence electrons. The summed E-state index contributed by atoms with van der Waals surface area (Å²) in [5, 5.41) is 8.97. The molecule has 0 atom stereocenters. The van der Waals surface area contributed by atoms with Crippen LogP contribution in [-0.2, 0) is 9.59 Å². The minimum atomic E-state index is -0.991. The SMILES string of the molecule is O=C(N/N=C\c1ccc2c(c1)OCO2)C(=O)Nc1ccccc1C(=O)Nc1ccc(Br)cc1. The van der Waals surface area contributed by atoms with Gasteiger partial charge in [-0.3, -0.25) is 14.4 Å². The molecule has 0 aliphatic carbocycles. The Bertz CT molecular complexity index is 1240. The molecule has 1 heterocycles. The van der Waals surface area contributed by atoms with Gasteiger partial charge in [0.05, 0.1) is 17.5 Å². The number of hydrogen-bond acceptors (Lipinski definition) is 6. The fourth-order valence-electron chi connectivity index (χ4n) is 2.91. The van der Waals surface area contributed by atoms with E-state index in [1.165, 1.54) is 12.3 Å². The lowest BCUT2D eigenvalue weighted by Crippen LogP contribution is -2.33. The predicted octanol–water partition coefficient (Wildman–Crippen LogP) is 3.52. The van der Waals surface area contributed by atoms with Crippen LogP contribution in [0.5, 0.6) is 11.5 Å². The van der Waals surface area contributed by atoms with Crippen molar-refractivity contribution >= 4 is 51.2 Å². The van der Waals surface area contributed by atoms with Crippen molar-refractivity contribution in [3.8, 4) is 11.5 Å². The summed E-state index contributed by atoms with van der Waals surface area (Å²) < 4.78 is 11.4. The second-order valence-corrected chi connectivity index (χ2v) is 7.69. The number of carbonyl (C=O) groups is 3. The van der Waals surface area contributed by atoms with Gasteiger partial charge >= 0.3 is 11.8 Å². The molecule has 0 bridgehead atoms. The maximum absolute atomic E-state index is 12.7. The summed E-state index contributed by atoms with van der Waals surface area (Å²) in [5.74, 6) is -1.20. The van der Waals surface area contributed by atoms with Gasteiger partial charge in [0.15, 0.2) is 11.5 Å². The van der Waals surface area contributed by atoms with Gasteiger partial charge in [0.2, 0.25) is 6.79 Å². The van der Waals surface area contributed by atoms with Crippen LogP contribution in [0.2, 0.25) is 0 Å². The molecule has 1 aliphatic rings. The number of fused-ring (bicyclic) bond motifs is 1. The molecular weight excluding hydrogens is 492 g/mol. The molecule has 3 amide bonds. The highest BCUT2D eigenvalue weighted by molar-refractivity contribution is 9.10. The first kappa shape index (κ1) is 22.0. The second kappa shape index (κ2) is 9.96. The van der Waals surface area contributed by atoms with Gasteiger partial charge in [0.25, 0.3) is 5.91 Å². The molecule has 3 aromatic rings. The fraction of sp³-hybridized carbons (Fsp3) is 0.0435. The van der Waals surface area contributed by atoms with E-state index in [1.807, 2.05) is 0 Å². The van der Waals surface area contributed by atoms with Crippen LogP contribution in [-0.4, -0.2) is 30.7 Å². The molecule has 0 unspecified atom stereocenters. The molecule has 0 saturated heterocycles. The lowest BCUT2D eigenvalue weighted by atomic mass is 10.1. The number of nitrogens with one attached hydrogen (secondary N) is 3. The third-order valence-electron chi connectivity index (χ3n) is 4.50. The largest absolute Gasteiger partial charge is 0.454 e. The third-order valence-corrected chi connectivity index (χ3v) is 5.03. The summed E-state index contributed by atoms with van der Waals surface area (Å²) in [6.45, 7) is 0.148. The standard InChI is InChI=1S/C23H17BrN4O5/c24-15-6-8-16(9-7-15)26-21(29)17-3-1-2-4-18(17)27-22(30)23(31)28-25-12-14-5-10-19-20(11-14)33-13-32-19/h1-12H,13H2,(H,26,29)(H,27,30)(H,28,31)/b25-12-. The van der Waals surface area contributed by atoms with Gasteiger partial charge in [-0.05, 0) is 60.2 Å². The number of carbonyl (C=O) groups excluding carboxylic acids is 3. The monoisotopic (exact) mass is 508 g/mol. The molecule has 0 fully saturated rings. The molecule has 10 heteroatoms. The Hall–Kier alpha value is -4.18. The highest BCUT2D eigenvalue weighted by Crippen LogP contribution is 2.32. The summed E-state index contributed by atoms with van der Waals surface area (Å²) in [6.07, 6.45) is 1.37. The first-order valence-electron chi connectivity index (χ1n) is 9.69. The van der Waals surface area contributed by atoms with Gasteiger partial charge in [-0.15, -0.1) is 0 Å². The second-order valence-electron chi connectivity index (χ2n) is 6.77. The molecule has 0 spiro atoms. The zero-order valence-corrected chi connectivity index (χ0v) is 18.6. The Kier molecular flexibility index (Phi) is 6.65. The van der Waals surface area contributed by atoms with E-state index in [2.05, 4.69) is 37.1 Å². The minimum absolute atomic E-state index is 0.148. The summed E-state index contributed by atoms with van der Waals surface area (Å²) in [7, 11) is 0. The number of para-hydroxylation sites is 1. The van der Waals surface area contributed by atoms with Gasteiger partial charge in [-0.1, -0.05) is 28.1 Å². The first-order valence-corrected chi connectivity index (χ1v) is 10.5. The molecule has 0 radical (unpaired) electrons. The Morgan fingerprint density at radius 2 is 1.64 bits per heavy atom. The van der Waals surface area contributed by atoms with Crippen LogP contribution in [0.3, 0.4) is 0 Å². The van der Waals surface area contributed by atoms with Crippen molar-refractivity contribution in [2.24, 2.45) is 5.10 Å². The van der Waals surface area contributed by atoms with Gasteiger partial charge in [-0.2, -0.15) is 5.10 Å². The van der Waals surface area contributed by atoms with Crippen molar-refractivity contribution in [1.82, 2.24) is 5.43 Å². The molecule has 0 saturated carbocycles. The highest BCUT2D eigenvalue weighted by atomic mass is 79.9. The molecule has 0 aromatic heterocycles. The van der Waals surface area contributed by atoms with E-state index in [4.69, 9.17) is 9.47 Å². The smallest absolute Gasteiger partial charge is 0.329 e. The summed E-state index contributed by atoms with van der Waals surface area (Å²) in [5.41, 5.74) is 3.77. The maximum Gasteiger partial charge on any atom is 0.329 e. The molecule has 1 aliphatic heterocycles. The normalized spacial score (nSPS) is 11.8. The van der Waals surface area contributed by atoms with E-state index < -0.39 is 17.7 Å². The predicted molar refractivity (Wildman–Crippen MR) is 125 cm³/mol. The summed E-state index contributed by atoms with van der Waals surface area (Å²) in [4.78, 5) is 37.1. The highest BCUT2D eigenvalue weighted by Gasteiger charge is 2.18. The molecule has 3 N–H and O–H groups in total. The van der Waals surface area contributed by atoms with E-state index in [1.54, 1.807) is 60.7 Å². The van der Waals surface area contributed by atoms with Crippen molar-refractivity contribution in [3.05, 3.63) is 82.3 Å². The van der Waals surface area contributed by atoms with E-state index >= 15 is 0 Å². The van der Waals surface area contributed by atoms with Gasteiger partial charge in [0.1, 0.15) is 0 Å². The van der Waals surface area contributed by atoms with Crippen LogP contribution < -0.4 is 25.5 Å². The minimum Gasteiger partial charge on any atom is -0.454 e. The number of hydrazone groups is 1. The first-order chi connectivity index (χ1) is 16.0. The topological polar surface area (TPSA) is 118 Å². The fourth-order valence-corrected chi connectivity index (χ4v) is 3.17. The van der Waals surface area contributed by atoms with Crippen molar-refractivity contribution in [1.29, 1.82) is 0 Å². The average molecular weight is 509 g/mol. The molecule has 4 rings (SSSR count). The van der Waals surface area contributed by atoms with Gasteiger partial charge in [-0.25, -0.2) is 5.43 Å². The summed E-state index contributed by atoms with van der Waals surface area (Å²) in [6, 6.07) is 18.5. The zero-order chi connectivity index (χ0) is 23.2. The van der Waals surface area contributed by atoms with E-state index in [0.717, 1.165) is 4.47 Å². The Balaban J connectivity index is 1.37. The number of rotatable bonds is 5. The van der Waals surface area contributed by atoms with Crippen molar-refractivity contribution in [2.75, 3.05) is 17.4 Å². The van der Waals surface area contributed by atoms with Crippen molar-refractivity contribution in [3.63, 3.8) is 0 Å². The number of anilines is 2. The van der Waals surface area contributed by atoms with Gasteiger partial charge in [0, 0.05) is 10.2 Å². The lowest BCUT2D eigenvalue weighted by Gasteiger charge is -2.11. The average Bonchev–Trinajstić information content (AvgIpc) is 3.29. The molecular formula is C23H17BrN4O5. The number of nitrogens with zero attached hydrogens (tertiary/aromatic N) is 1. The third kappa shape index (κ3) is 5.55. The number of halogens is 1. The number of amides is 3. The van der Waals surface area contributed by atoms with E-state index in [9.17, 15) is 14.4 Å². The number of hydrogen-bond donors (Lipinski definition) is 3. The van der Waals surface area contributed by atoms with E-state index in [0.29, 0.717) is 22.7 Å². The Morgan fingerprint density at radius 3 is 2.45 bits per heavy atom. The molecule has 3 aromatic carbocycles. The van der Waals surface area contributed by atoms with E-state index in [-0.39, 0.29) is 18.0 Å². The lowest BCUT2D eigenvalue weighted by molar-refractivity contribution is -0.136. The zero-order valence-electron chi connectivity index (χ0n) is 17.0. The Morgan fingerprint density at radius 1 is 0.879 bits per heavy atom. The Labute approximate surface area is 196 Å². The van der Waals surface area contributed by atoms with Crippen LogP contribution in [0, 0.1) is 0 Å². The van der Waals surface area contributed by atoms with Crippen LogP contribution in [0.15, 0.2) is 76.3 Å². The van der Waals surface area contributed by atoms with Crippen LogP contribution >= 0.6 is 15.9 Å². The van der Waals surface area contributed by atoms with Crippen molar-refractivity contribution < 1.29 is 23.9 Å². The molecule has 9 nitrogen and oxygen atoms in total. The quantitative estimate of drug-likeness (QED) is 0.277. The maximum atomic E-state index is 12.7. The molecule has 33 heavy (non-hydrogen) atoms. The number of ether oxygens (including phenoxy) is 2. The van der Waals surface area contributed by atoms with Crippen LogP contribution in [0.25, 0.3) is 0 Å².